The standard InChI is InChI=1S/C20H29N7O5S/c1-23-33(30,31)14-7-6-12(10-13(14)32-2)25-17-15(16(21)28)18(29)27-19(26-17)24-11-20(22)8-4-3-5-9-20/h6-7,10,23H,3-5,8-9,11,22H2,1-2H3,(H2,21,28)(H3,24,25,26,27,29). The molecule has 0 spiro atoms. The Hall–Kier alpha value is -3.16. The number of benzene rings is 1. The molecule has 0 atom stereocenters. The van der Waals surface area contributed by atoms with E-state index in [9.17, 15) is 18.0 Å². The van der Waals surface area contributed by atoms with Crippen LogP contribution in [0.3, 0.4) is 0 Å². The first-order chi connectivity index (χ1) is 15.6. The third kappa shape index (κ3) is 5.61. The third-order valence-electron chi connectivity index (χ3n) is 5.61. The maximum Gasteiger partial charge on any atom is 0.267 e. The summed E-state index contributed by atoms with van der Waals surface area (Å²) >= 11 is 0. The first kappa shape index (κ1) is 24.5. The molecule has 1 aliphatic rings. The molecule has 180 valence electrons. The molecule has 1 amide bonds. The van der Waals surface area contributed by atoms with Crippen molar-refractivity contribution in [3.8, 4) is 5.75 Å². The fourth-order valence-electron chi connectivity index (χ4n) is 3.78. The highest BCUT2D eigenvalue weighted by Crippen LogP contribution is 2.29. The molecule has 0 saturated heterocycles. The number of sulfonamides is 1. The summed E-state index contributed by atoms with van der Waals surface area (Å²) in [4.78, 5) is 31.2. The molecule has 1 fully saturated rings. The van der Waals surface area contributed by atoms with Crippen molar-refractivity contribution in [2.75, 3.05) is 31.3 Å². The second kappa shape index (κ2) is 9.77. The Bertz CT molecular complexity index is 1190. The van der Waals surface area contributed by atoms with Gasteiger partial charge in [0.2, 0.25) is 16.0 Å². The molecule has 8 N–H and O–H groups in total. The highest BCUT2D eigenvalue weighted by molar-refractivity contribution is 7.89. The zero-order valence-electron chi connectivity index (χ0n) is 18.5. The summed E-state index contributed by atoms with van der Waals surface area (Å²) in [5, 5.41) is 5.91. The minimum Gasteiger partial charge on any atom is -0.495 e. The number of nitrogens with two attached hydrogens (primary N) is 2. The van der Waals surface area contributed by atoms with Crippen LogP contribution in [-0.2, 0) is 10.0 Å². The lowest BCUT2D eigenvalue weighted by atomic mass is 9.82. The summed E-state index contributed by atoms with van der Waals surface area (Å²) < 4.78 is 31.7. The number of hydrogen-bond donors (Lipinski definition) is 6. The molecule has 33 heavy (non-hydrogen) atoms. The van der Waals surface area contributed by atoms with Gasteiger partial charge in [-0.2, -0.15) is 4.98 Å². The summed E-state index contributed by atoms with van der Waals surface area (Å²) in [7, 11) is -1.15. The van der Waals surface area contributed by atoms with Crippen molar-refractivity contribution in [1.29, 1.82) is 0 Å². The van der Waals surface area contributed by atoms with Crippen molar-refractivity contribution in [2.24, 2.45) is 11.5 Å². The SMILES string of the molecule is CNS(=O)(=O)c1ccc(Nc2nc(NCC3(N)CCCCC3)[nH]c(=O)c2C(N)=O)cc1OC. The Kier molecular flexibility index (Phi) is 7.25. The number of amides is 1. The molecule has 0 aliphatic heterocycles. The van der Waals surface area contributed by atoms with E-state index in [0.29, 0.717) is 12.2 Å². The van der Waals surface area contributed by atoms with Gasteiger partial charge in [0.15, 0.2) is 5.82 Å². The lowest BCUT2D eigenvalue weighted by molar-refractivity contribution is 0.0999. The van der Waals surface area contributed by atoms with Crippen molar-refractivity contribution in [3.63, 3.8) is 0 Å². The minimum absolute atomic E-state index is 0.0561. The highest BCUT2D eigenvalue weighted by Gasteiger charge is 2.28. The Balaban J connectivity index is 1.93. The summed E-state index contributed by atoms with van der Waals surface area (Å²) in [6.45, 7) is 0.399. The van der Waals surface area contributed by atoms with Crippen LogP contribution < -0.4 is 37.1 Å². The van der Waals surface area contributed by atoms with E-state index in [0.717, 1.165) is 32.1 Å². The molecule has 0 bridgehead atoms. The Labute approximate surface area is 191 Å². The van der Waals surface area contributed by atoms with E-state index in [2.05, 4.69) is 25.3 Å². The second-order valence-corrected chi connectivity index (χ2v) is 9.83. The molecule has 2 aromatic rings. The van der Waals surface area contributed by atoms with Gasteiger partial charge < -0.3 is 26.8 Å². The number of primary amides is 1. The molecular formula is C20H29N7O5S. The van der Waals surface area contributed by atoms with Crippen molar-refractivity contribution >= 4 is 33.4 Å². The number of rotatable bonds is 9. The number of aromatic nitrogens is 2. The molecule has 0 unspecified atom stereocenters. The summed E-state index contributed by atoms with van der Waals surface area (Å²) in [5.41, 5.74) is 10.7. The van der Waals surface area contributed by atoms with Crippen molar-refractivity contribution < 1.29 is 17.9 Å². The van der Waals surface area contributed by atoms with E-state index in [1.54, 1.807) is 0 Å². The van der Waals surface area contributed by atoms with Crippen LogP contribution in [0.25, 0.3) is 0 Å². The van der Waals surface area contributed by atoms with E-state index in [1.807, 2.05) is 0 Å². The van der Waals surface area contributed by atoms with Crippen LogP contribution in [0.2, 0.25) is 0 Å². The van der Waals surface area contributed by atoms with Gasteiger partial charge in [-0.05, 0) is 32.0 Å². The normalized spacial score (nSPS) is 15.6. The molecule has 13 heteroatoms. The lowest BCUT2D eigenvalue weighted by Gasteiger charge is -2.33. The number of hydrogen-bond acceptors (Lipinski definition) is 9. The number of nitrogens with zero attached hydrogens (tertiary/aromatic N) is 1. The minimum atomic E-state index is -3.76. The average Bonchev–Trinajstić information content (AvgIpc) is 2.77. The molecule has 1 aromatic heterocycles. The maximum absolute atomic E-state index is 12.6. The average molecular weight is 480 g/mol. The second-order valence-electron chi connectivity index (χ2n) is 7.98. The summed E-state index contributed by atoms with van der Waals surface area (Å²) in [6.07, 6.45) is 4.94. The number of methoxy groups -OCH3 is 1. The molecule has 0 radical (unpaired) electrons. The van der Waals surface area contributed by atoms with Crippen LogP contribution in [0.15, 0.2) is 27.9 Å². The Morgan fingerprint density at radius 3 is 2.58 bits per heavy atom. The van der Waals surface area contributed by atoms with Crippen LogP contribution in [0.4, 0.5) is 17.5 Å². The smallest absolute Gasteiger partial charge is 0.267 e. The number of anilines is 3. The molecule has 12 nitrogen and oxygen atoms in total. The van der Waals surface area contributed by atoms with Gasteiger partial charge in [-0.3, -0.25) is 14.6 Å². The molecule has 1 aliphatic carbocycles. The van der Waals surface area contributed by atoms with E-state index in [4.69, 9.17) is 16.2 Å². The highest BCUT2D eigenvalue weighted by atomic mass is 32.2. The molecule has 1 aromatic carbocycles. The van der Waals surface area contributed by atoms with Crippen molar-refractivity contribution in [2.45, 2.75) is 42.5 Å². The first-order valence-electron chi connectivity index (χ1n) is 10.4. The molecule has 3 rings (SSSR count). The zero-order valence-corrected chi connectivity index (χ0v) is 19.3. The van der Waals surface area contributed by atoms with E-state index >= 15 is 0 Å². The Morgan fingerprint density at radius 1 is 1.27 bits per heavy atom. The van der Waals surface area contributed by atoms with Crippen LogP contribution in [0.1, 0.15) is 42.5 Å². The van der Waals surface area contributed by atoms with Gasteiger partial charge in [-0.15, -0.1) is 0 Å². The number of carbonyl (C=O) groups is 1. The van der Waals surface area contributed by atoms with Crippen LogP contribution >= 0.6 is 0 Å². The van der Waals surface area contributed by atoms with Gasteiger partial charge in [0, 0.05) is 23.8 Å². The van der Waals surface area contributed by atoms with Crippen LogP contribution in [-0.4, -0.2) is 50.5 Å². The predicted molar refractivity (Wildman–Crippen MR) is 124 cm³/mol. The van der Waals surface area contributed by atoms with Crippen LogP contribution in [0, 0.1) is 0 Å². The maximum atomic E-state index is 12.6. The molecule has 1 heterocycles. The number of ether oxygens (including phenoxy) is 1. The van der Waals surface area contributed by atoms with Gasteiger partial charge in [0.1, 0.15) is 16.2 Å². The third-order valence-corrected chi connectivity index (χ3v) is 7.06. The zero-order chi connectivity index (χ0) is 24.2. The summed E-state index contributed by atoms with van der Waals surface area (Å²) in [5.74, 6) is -0.874. The largest absolute Gasteiger partial charge is 0.495 e. The van der Waals surface area contributed by atoms with Crippen LogP contribution in [0.5, 0.6) is 5.75 Å². The summed E-state index contributed by atoms with van der Waals surface area (Å²) in [6, 6.07) is 4.18. The fraction of sp³-hybridized carbons (Fsp3) is 0.450. The van der Waals surface area contributed by atoms with E-state index < -0.39 is 27.0 Å². The van der Waals surface area contributed by atoms with E-state index in [-0.39, 0.29) is 28.0 Å². The van der Waals surface area contributed by atoms with Gasteiger partial charge in [-0.25, -0.2) is 13.1 Å². The monoisotopic (exact) mass is 479 g/mol. The van der Waals surface area contributed by atoms with Gasteiger partial charge in [0.25, 0.3) is 11.5 Å². The number of H-pyrrole nitrogens is 1. The topological polar surface area (TPSA) is 194 Å². The van der Waals surface area contributed by atoms with Gasteiger partial charge in [0.05, 0.1) is 7.11 Å². The quantitative estimate of drug-likeness (QED) is 0.298. The van der Waals surface area contributed by atoms with Gasteiger partial charge in [-0.1, -0.05) is 19.3 Å². The first-order valence-corrected chi connectivity index (χ1v) is 11.9. The predicted octanol–water partition coefficient (Wildman–Crippen LogP) is 0.603. The number of aromatic amines is 1. The number of carbonyl (C=O) groups excluding carboxylic acids is 1. The van der Waals surface area contributed by atoms with E-state index in [1.165, 1.54) is 32.4 Å². The van der Waals surface area contributed by atoms with Crippen molar-refractivity contribution in [1.82, 2.24) is 14.7 Å². The fourth-order valence-corrected chi connectivity index (χ4v) is 4.66. The van der Waals surface area contributed by atoms with Gasteiger partial charge >= 0.3 is 0 Å². The molecule has 1 saturated carbocycles. The van der Waals surface area contributed by atoms with Crippen molar-refractivity contribution in [3.05, 3.63) is 34.1 Å². The molecular weight excluding hydrogens is 450 g/mol. The lowest BCUT2D eigenvalue weighted by Crippen LogP contribution is -2.48. The number of nitrogens with one attached hydrogen (secondary N) is 4. The Morgan fingerprint density at radius 2 is 1.97 bits per heavy atom.